The number of phenolic OH excluding ortho intramolecular Hbond substituents is 1. The molecule has 1 aliphatic heterocycles. The molecule has 2 nitrogen and oxygen atoms in total. The van der Waals surface area contributed by atoms with Crippen LogP contribution in [0.25, 0.3) is 5.57 Å². The second kappa shape index (κ2) is 8.09. The van der Waals surface area contributed by atoms with Crippen molar-refractivity contribution in [1.29, 1.82) is 0 Å². The zero-order valence-corrected chi connectivity index (χ0v) is 18.6. The molecule has 2 atom stereocenters. The maximum atomic E-state index is 13.1. The summed E-state index contributed by atoms with van der Waals surface area (Å²) in [5.41, 5.74) is 5.52. The van der Waals surface area contributed by atoms with Gasteiger partial charge in [-0.3, -0.25) is 0 Å². The first-order valence-corrected chi connectivity index (χ1v) is 11.3. The summed E-state index contributed by atoms with van der Waals surface area (Å²) in [6, 6.07) is 10.8. The van der Waals surface area contributed by atoms with E-state index in [2.05, 4.69) is 33.8 Å². The number of benzene rings is 2. The number of allylic oxidation sites excluding steroid dienone is 1. The van der Waals surface area contributed by atoms with Gasteiger partial charge in [-0.05, 0) is 111 Å². The fourth-order valence-electron chi connectivity index (χ4n) is 5.09. The van der Waals surface area contributed by atoms with Gasteiger partial charge in [0, 0.05) is 0 Å². The van der Waals surface area contributed by atoms with Gasteiger partial charge in [-0.2, -0.15) is 0 Å². The van der Waals surface area contributed by atoms with Crippen LogP contribution in [0.15, 0.2) is 42.0 Å². The van der Waals surface area contributed by atoms with Crippen LogP contribution >= 0.6 is 0 Å². The highest BCUT2D eigenvalue weighted by Crippen LogP contribution is 2.52. The van der Waals surface area contributed by atoms with E-state index >= 15 is 0 Å². The number of ether oxygens (including phenoxy) is 1. The summed E-state index contributed by atoms with van der Waals surface area (Å²) >= 11 is 0. The number of phenols is 1. The molecule has 2 aromatic rings. The Bertz CT molecular complexity index is 956. The van der Waals surface area contributed by atoms with Crippen LogP contribution in [0.1, 0.15) is 82.4 Å². The number of aromatic hydroxyl groups is 1. The Kier molecular flexibility index (Phi) is 5.65. The Labute approximate surface area is 179 Å². The summed E-state index contributed by atoms with van der Waals surface area (Å²) in [7, 11) is 0. The summed E-state index contributed by atoms with van der Waals surface area (Å²) in [5, 5.41) is 11.0. The molecule has 1 N–H and O–H groups in total. The number of halogens is 1. The van der Waals surface area contributed by atoms with Crippen LogP contribution in [0.4, 0.5) is 4.39 Å². The molecule has 0 saturated heterocycles. The molecule has 2 unspecified atom stereocenters. The van der Waals surface area contributed by atoms with Crippen molar-refractivity contribution in [3.05, 3.63) is 64.5 Å². The first kappa shape index (κ1) is 21.0. The molecule has 2 aliphatic rings. The molecule has 1 aliphatic carbocycles. The maximum Gasteiger partial charge on any atom is 0.132 e. The molecule has 1 heterocycles. The fraction of sp³-hybridized carbons (Fsp3) is 0.481. The van der Waals surface area contributed by atoms with Gasteiger partial charge in [0.2, 0.25) is 0 Å². The van der Waals surface area contributed by atoms with Gasteiger partial charge in [-0.1, -0.05) is 26.0 Å². The van der Waals surface area contributed by atoms with Gasteiger partial charge >= 0.3 is 0 Å². The SMILES string of the molecule is CC1CCC2=C(C1)c1c(O)cc(C(C)CCCc3ccc(F)cc3)cc1OC2(C)C. The molecule has 4 rings (SSSR count). The summed E-state index contributed by atoms with van der Waals surface area (Å²) in [5.74, 6) is 1.94. The van der Waals surface area contributed by atoms with E-state index in [1.54, 1.807) is 0 Å². The van der Waals surface area contributed by atoms with Gasteiger partial charge in [-0.15, -0.1) is 0 Å². The van der Waals surface area contributed by atoms with Crippen molar-refractivity contribution in [3.8, 4) is 11.5 Å². The van der Waals surface area contributed by atoms with E-state index in [-0.39, 0.29) is 11.4 Å². The van der Waals surface area contributed by atoms with E-state index < -0.39 is 0 Å². The number of hydrogen-bond acceptors (Lipinski definition) is 2. The van der Waals surface area contributed by atoms with Crippen molar-refractivity contribution in [1.82, 2.24) is 0 Å². The van der Waals surface area contributed by atoms with Crippen molar-refractivity contribution < 1.29 is 14.2 Å². The van der Waals surface area contributed by atoms with E-state index in [9.17, 15) is 9.50 Å². The molecular weight excluding hydrogens is 375 g/mol. The molecule has 0 fully saturated rings. The predicted molar refractivity (Wildman–Crippen MR) is 121 cm³/mol. The molecule has 0 saturated carbocycles. The highest BCUT2D eigenvalue weighted by Gasteiger charge is 2.38. The van der Waals surface area contributed by atoms with Gasteiger partial charge in [0.25, 0.3) is 0 Å². The second-order valence-electron chi connectivity index (χ2n) is 9.75. The molecule has 0 amide bonds. The highest BCUT2D eigenvalue weighted by molar-refractivity contribution is 5.81. The van der Waals surface area contributed by atoms with Crippen molar-refractivity contribution in [2.24, 2.45) is 5.92 Å². The molecule has 160 valence electrons. The lowest BCUT2D eigenvalue weighted by Crippen LogP contribution is -2.36. The first-order chi connectivity index (χ1) is 14.2. The largest absolute Gasteiger partial charge is 0.507 e. The van der Waals surface area contributed by atoms with E-state index in [1.807, 2.05) is 18.2 Å². The summed E-state index contributed by atoms with van der Waals surface area (Å²) in [6.07, 6.45) is 6.19. The van der Waals surface area contributed by atoms with E-state index in [4.69, 9.17) is 4.74 Å². The maximum absolute atomic E-state index is 13.1. The third-order valence-electron chi connectivity index (χ3n) is 6.89. The Morgan fingerprint density at radius 3 is 2.67 bits per heavy atom. The van der Waals surface area contributed by atoms with E-state index in [0.717, 1.165) is 54.5 Å². The minimum Gasteiger partial charge on any atom is -0.507 e. The van der Waals surface area contributed by atoms with Crippen molar-refractivity contribution in [3.63, 3.8) is 0 Å². The standard InChI is InChI=1S/C27H33FO2/c1-17-8-13-23-22(14-17)26-24(29)15-20(16-25(26)30-27(23,3)4)18(2)6-5-7-19-9-11-21(28)12-10-19/h9-12,15-18,29H,5-8,13-14H2,1-4H3. The Balaban J connectivity index is 1.53. The minimum atomic E-state index is -0.320. The predicted octanol–water partition coefficient (Wildman–Crippen LogP) is 7.40. The van der Waals surface area contributed by atoms with Gasteiger partial charge in [-0.25, -0.2) is 4.39 Å². The monoisotopic (exact) mass is 408 g/mol. The van der Waals surface area contributed by atoms with Crippen LogP contribution in [0.2, 0.25) is 0 Å². The minimum absolute atomic E-state index is 0.190. The fourth-order valence-corrected chi connectivity index (χ4v) is 5.09. The van der Waals surface area contributed by atoms with E-state index in [1.165, 1.54) is 29.7 Å². The topological polar surface area (TPSA) is 29.5 Å². The lowest BCUT2D eigenvalue weighted by atomic mass is 9.74. The Morgan fingerprint density at radius 1 is 1.20 bits per heavy atom. The van der Waals surface area contributed by atoms with Crippen LogP contribution in [0.5, 0.6) is 11.5 Å². The normalized spacial score (nSPS) is 20.9. The van der Waals surface area contributed by atoms with Crippen LogP contribution in [0, 0.1) is 11.7 Å². The summed E-state index contributed by atoms with van der Waals surface area (Å²) in [4.78, 5) is 0. The van der Waals surface area contributed by atoms with Crippen LogP contribution in [-0.4, -0.2) is 10.7 Å². The zero-order valence-electron chi connectivity index (χ0n) is 18.6. The lowest BCUT2D eigenvalue weighted by Gasteiger charge is -2.41. The molecule has 2 aromatic carbocycles. The molecule has 30 heavy (non-hydrogen) atoms. The summed E-state index contributed by atoms with van der Waals surface area (Å²) < 4.78 is 19.5. The molecule has 0 spiro atoms. The Morgan fingerprint density at radius 2 is 1.93 bits per heavy atom. The average Bonchev–Trinajstić information content (AvgIpc) is 2.68. The Hall–Kier alpha value is -2.29. The molecular formula is C27H33FO2. The lowest BCUT2D eigenvalue weighted by molar-refractivity contribution is 0.135. The van der Waals surface area contributed by atoms with Gasteiger partial charge in [0.05, 0.1) is 5.56 Å². The molecule has 0 bridgehead atoms. The van der Waals surface area contributed by atoms with Crippen LogP contribution in [-0.2, 0) is 6.42 Å². The van der Waals surface area contributed by atoms with Crippen LogP contribution < -0.4 is 4.74 Å². The zero-order chi connectivity index (χ0) is 21.5. The van der Waals surface area contributed by atoms with Gasteiger partial charge in [0.1, 0.15) is 22.9 Å². The highest BCUT2D eigenvalue weighted by atomic mass is 19.1. The number of fused-ring (bicyclic) bond motifs is 2. The van der Waals surface area contributed by atoms with Crippen LogP contribution in [0.3, 0.4) is 0 Å². The number of rotatable bonds is 5. The third-order valence-corrected chi connectivity index (χ3v) is 6.89. The molecule has 3 heteroatoms. The number of hydrogen-bond donors (Lipinski definition) is 1. The molecule has 0 aromatic heterocycles. The van der Waals surface area contributed by atoms with Crippen molar-refractivity contribution in [2.45, 2.75) is 77.7 Å². The average molecular weight is 409 g/mol. The second-order valence-corrected chi connectivity index (χ2v) is 9.75. The van der Waals surface area contributed by atoms with Gasteiger partial charge in [0.15, 0.2) is 0 Å². The van der Waals surface area contributed by atoms with Crippen molar-refractivity contribution >= 4 is 5.57 Å². The summed E-state index contributed by atoms with van der Waals surface area (Å²) in [6.45, 7) is 8.79. The number of aryl methyl sites for hydroxylation is 1. The quantitative estimate of drug-likeness (QED) is 0.558. The van der Waals surface area contributed by atoms with E-state index in [0.29, 0.717) is 17.6 Å². The molecule has 0 radical (unpaired) electrons. The third kappa shape index (κ3) is 4.12. The van der Waals surface area contributed by atoms with Crippen molar-refractivity contribution in [2.75, 3.05) is 0 Å². The first-order valence-electron chi connectivity index (χ1n) is 11.3. The van der Waals surface area contributed by atoms with Gasteiger partial charge < -0.3 is 9.84 Å². The smallest absolute Gasteiger partial charge is 0.132 e.